The van der Waals surface area contributed by atoms with Gasteiger partial charge in [-0.05, 0) is 11.1 Å². The first-order valence-corrected chi connectivity index (χ1v) is 5.60. The molecule has 0 aliphatic heterocycles. The first kappa shape index (κ1) is 11.3. The minimum Gasteiger partial charge on any atom is -0.403 e. The van der Waals surface area contributed by atoms with Crippen LogP contribution in [0.2, 0.25) is 0 Å². The van der Waals surface area contributed by atoms with Crippen LogP contribution in [0.5, 0.6) is 0 Å². The first-order chi connectivity index (χ1) is 8.33. The van der Waals surface area contributed by atoms with Crippen molar-refractivity contribution in [3.63, 3.8) is 0 Å². The molecule has 17 heavy (non-hydrogen) atoms. The Hall–Kier alpha value is -2.22. The van der Waals surface area contributed by atoms with E-state index < -0.39 is 0 Å². The van der Waals surface area contributed by atoms with Crippen molar-refractivity contribution in [3.8, 4) is 0 Å². The molecule has 0 saturated heterocycles. The van der Waals surface area contributed by atoms with Gasteiger partial charge in [-0.2, -0.15) is 0 Å². The highest BCUT2D eigenvalue weighted by atomic mass is 14.6. The summed E-state index contributed by atoms with van der Waals surface area (Å²) in [6, 6.07) is 20.3. The van der Waals surface area contributed by atoms with Crippen LogP contribution in [0, 0.1) is 0 Å². The summed E-state index contributed by atoms with van der Waals surface area (Å²) >= 11 is 0. The van der Waals surface area contributed by atoms with Crippen molar-refractivity contribution < 1.29 is 0 Å². The average molecular weight is 224 g/mol. The molecule has 0 spiro atoms. The van der Waals surface area contributed by atoms with Crippen LogP contribution in [-0.2, 0) is 0 Å². The molecule has 2 rings (SSSR count). The van der Waals surface area contributed by atoms with Crippen LogP contribution in [-0.4, -0.2) is 0 Å². The van der Waals surface area contributed by atoms with Gasteiger partial charge < -0.3 is 11.5 Å². The molecule has 0 amide bonds. The topological polar surface area (TPSA) is 52.0 Å². The Labute approximate surface area is 102 Å². The number of rotatable bonds is 3. The summed E-state index contributed by atoms with van der Waals surface area (Å²) in [4.78, 5) is 0. The van der Waals surface area contributed by atoms with Gasteiger partial charge >= 0.3 is 0 Å². The molecular weight excluding hydrogens is 208 g/mol. The molecule has 0 unspecified atom stereocenters. The smallest absolute Gasteiger partial charge is 0.0499 e. The summed E-state index contributed by atoms with van der Waals surface area (Å²) in [5.74, 6) is 0.0300. The number of hydrogen-bond acceptors (Lipinski definition) is 2. The minimum absolute atomic E-state index is 0.0300. The van der Waals surface area contributed by atoms with Gasteiger partial charge in [0.15, 0.2) is 0 Å². The van der Waals surface area contributed by atoms with Gasteiger partial charge in [-0.1, -0.05) is 60.7 Å². The van der Waals surface area contributed by atoms with E-state index in [1.165, 1.54) is 6.20 Å². The summed E-state index contributed by atoms with van der Waals surface area (Å²) < 4.78 is 0. The molecule has 0 heterocycles. The third-order valence-electron chi connectivity index (χ3n) is 2.79. The molecule has 0 bridgehead atoms. The van der Waals surface area contributed by atoms with E-state index in [1.807, 2.05) is 36.4 Å². The lowest BCUT2D eigenvalue weighted by Gasteiger charge is -2.18. The molecule has 4 N–H and O–H groups in total. The number of nitrogens with two attached hydrogens (primary N) is 2. The lowest BCUT2D eigenvalue weighted by molar-refractivity contribution is 0.921. The van der Waals surface area contributed by atoms with Crippen molar-refractivity contribution in [2.75, 3.05) is 0 Å². The lowest BCUT2D eigenvalue weighted by Crippen LogP contribution is -2.13. The zero-order chi connectivity index (χ0) is 12.1. The summed E-state index contributed by atoms with van der Waals surface area (Å²) in [5, 5.41) is 0. The molecule has 0 aromatic heterocycles. The molecule has 0 radical (unpaired) electrons. The van der Waals surface area contributed by atoms with Gasteiger partial charge in [0.2, 0.25) is 0 Å². The fourth-order valence-corrected chi connectivity index (χ4v) is 1.96. The van der Waals surface area contributed by atoms with Gasteiger partial charge in [0.05, 0.1) is 0 Å². The van der Waals surface area contributed by atoms with Crippen molar-refractivity contribution in [3.05, 3.63) is 83.7 Å². The van der Waals surface area contributed by atoms with Gasteiger partial charge in [-0.25, -0.2) is 0 Å². The molecular formula is C15H16N2. The van der Waals surface area contributed by atoms with Gasteiger partial charge in [0, 0.05) is 17.8 Å². The Morgan fingerprint density at radius 1 is 0.824 bits per heavy atom. The molecule has 0 fully saturated rings. The zero-order valence-corrected chi connectivity index (χ0v) is 9.58. The van der Waals surface area contributed by atoms with E-state index in [0.717, 1.165) is 11.1 Å². The van der Waals surface area contributed by atoms with Gasteiger partial charge in [0.1, 0.15) is 0 Å². The molecule has 2 aromatic carbocycles. The van der Waals surface area contributed by atoms with Crippen LogP contribution in [0.25, 0.3) is 0 Å². The van der Waals surface area contributed by atoms with Crippen molar-refractivity contribution >= 4 is 0 Å². The van der Waals surface area contributed by atoms with Crippen molar-refractivity contribution in [1.82, 2.24) is 0 Å². The number of benzene rings is 2. The molecule has 0 aliphatic carbocycles. The molecule has 0 saturated carbocycles. The van der Waals surface area contributed by atoms with Crippen molar-refractivity contribution in [1.29, 1.82) is 0 Å². The van der Waals surface area contributed by atoms with E-state index in [2.05, 4.69) is 24.3 Å². The second-order valence-corrected chi connectivity index (χ2v) is 3.92. The number of hydrogen-bond donors (Lipinski definition) is 2. The van der Waals surface area contributed by atoms with Crippen LogP contribution in [0.15, 0.2) is 72.6 Å². The standard InChI is InChI=1S/C15H16N2/c16-11-14(17)15(12-7-3-1-4-8-12)13-9-5-2-6-10-13/h1-11,15H,16-17H2. The largest absolute Gasteiger partial charge is 0.403 e. The molecule has 2 nitrogen and oxygen atoms in total. The highest BCUT2D eigenvalue weighted by molar-refractivity contribution is 5.39. The van der Waals surface area contributed by atoms with Gasteiger partial charge in [0.25, 0.3) is 0 Å². The monoisotopic (exact) mass is 224 g/mol. The first-order valence-electron chi connectivity index (χ1n) is 5.60. The molecule has 2 heteroatoms. The van der Waals surface area contributed by atoms with Crippen LogP contribution in [0.3, 0.4) is 0 Å². The molecule has 0 aliphatic rings. The Morgan fingerprint density at radius 3 is 1.59 bits per heavy atom. The maximum Gasteiger partial charge on any atom is 0.0499 e. The Morgan fingerprint density at radius 2 is 1.24 bits per heavy atom. The van der Waals surface area contributed by atoms with Gasteiger partial charge in [-0.15, -0.1) is 0 Å². The Kier molecular flexibility index (Phi) is 3.46. The summed E-state index contributed by atoms with van der Waals surface area (Å²) in [5.41, 5.74) is 14.5. The van der Waals surface area contributed by atoms with E-state index in [0.29, 0.717) is 5.70 Å². The van der Waals surface area contributed by atoms with Crippen LogP contribution in [0.1, 0.15) is 17.0 Å². The van der Waals surface area contributed by atoms with Gasteiger partial charge in [-0.3, -0.25) is 0 Å². The quantitative estimate of drug-likeness (QED) is 0.842. The fraction of sp³-hybridized carbons (Fsp3) is 0.0667. The molecule has 86 valence electrons. The molecule has 2 aromatic rings. The fourth-order valence-electron chi connectivity index (χ4n) is 1.96. The maximum absolute atomic E-state index is 6.02. The van der Waals surface area contributed by atoms with E-state index >= 15 is 0 Å². The third-order valence-corrected chi connectivity index (χ3v) is 2.79. The Bertz CT molecular complexity index is 449. The van der Waals surface area contributed by atoms with E-state index in [9.17, 15) is 0 Å². The van der Waals surface area contributed by atoms with Crippen molar-refractivity contribution in [2.45, 2.75) is 5.92 Å². The lowest BCUT2D eigenvalue weighted by atomic mass is 9.89. The summed E-state index contributed by atoms with van der Waals surface area (Å²) in [6.45, 7) is 0. The highest BCUT2D eigenvalue weighted by Gasteiger charge is 2.15. The second kappa shape index (κ2) is 5.21. The van der Waals surface area contributed by atoms with E-state index in [-0.39, 0.29) is 5.92 Å². The summed E-state index contributed by atoms with van der Waals surface area (Å²) in [7, 11) is 0. The average Bonchev–Trinajstić information content (AvgIpc) is 2.41. The predicted molar refractivity (Wildman–Crippen MR) is 71.2 cm³/mol. The predicted octanol–water partition coefficient (Wildman–Crippen LogP) is 2.58. The van der Waals surface area contributed by atoms with Crippen LogP contribution in [0.4, 0.5) is 0 Å². The SMILES string of the molecule is NC=C(N)C(c1ccccc1)c1ccccc1. The third kappa shape index (κ3) is 2.48. The van der Waals surface area contributed by atoms with Crippen LogP contribution < -0.4 is 11.5 Å². The van der Waals surface area contributed by atoms with E-state index in [1.54, 1.807) is 0 Å². The Balaban J connectivity index is 2.47. The van der Waals surface area contributed by atoms with Crippen LogP contribution >= 0.6 is 0 Å². The summed E-state index contributed by atoms with van der Waals surface area (Å²) in [6.07, 6.45) is 1.48. The highest BCUT2D eigenvalue weighted by Crippen LogP contribution is 2.28. The molecule has 0 atom stereocenters. The maximum atomic E-state index is 6.02. The normalized spacial score (nSPS) is 11.7. The second-order valence-electron chi connectivity index (χ2n) is 3.92. The van der Waals surface area contributed by atoms with Crippen molar-refractivity contribution in [2.24, 2.45) is 11.5 Å². The van der Waals surface area contributed by atoms with E-state index in [4.69, 9.17) is 11.5 Å². The number of allylic oxidation sites excluding steroid dienone is 1. The zero-order valence-electron chi connectivity index (χ0n) is 9.58. The minimum atomic E-state index is 0.0300.